The fourth-order valence-corrected chi connectivity index (χ4v) is 4.23. The molecule has 0 spiro atoms. The molecule has 0 aromatic heterocycles. The number of ether oxygens (including phenoxy) is 1. The number of fused-ring (bicyclic) bond motifs is 1. The largest absolute Gasteiger partial charge is 0.492 e. The Morgan fingerprint density at radius 1 is 1.03 bits per heavy atom. The summed E-state index contributed by atoms with van der Waals surface area (Å²) in [7, 11) is -3.51. The third kappa shape index (κ3) is 6.42. The fourth-order valence-electron chi connectivity index (χ4n) is 3.25. The van der Waals surface area contributed by atoms with Crippen LogP contribution in [0.3, 0.4) is 0 Å². The van der Waals surface area contributed by atoms with Crippen molar-refractivity contribution in [1.29, 1.82) is 0 Å². The van der Waals surface area contributed by atoms with Crippen molar-refractivity contribution < 1.29 is 22.3 Å². The average molecular weight is 445 g/mol. The summed E-state index contributed by atoms with van der Waals surface area (Å²) in [6.07, 6.45) is 1.73. The summed E-state index contributed by atoms with van der Waals surface area (Å²) in [5, 5.41) is 4.54. The van der Waals surface area contributed by atoms with Gasteiger partial charge in [-0.05, 0) is 42.1 Å². The number of hydrogen-bond donors (Lipinski definition) is 1. The number of halogens is 1. The van der Waals surface area contributed by atoms with Gasteiger partial charge in [0.15, 0.2) is 0 Å². The van der Waals surface area contributed by atoms with Crippen LogP contribution in [0.5, 0.6) is 5.75 Å². The molecule has 0 atom stereocenters. The molecule has 0 bridgehead atoms. The molecule has 3 aromatic rings. The third-order valence-corrected chi connectivity index (χ3v) is 5.89. The van der Waals surface area contributed by atoms with Gasteiger partial charge in [-0.25, -0.2) is 12.8 Å². The van der Waals surface area contributed by atoms with Gasteiger partial charge >= 0.3 is 0 Å². The average Bonchev–Trinajstić information content (AvgIpc) is 2.74. The standard InChI is InChI=1S/C23H25FN2O4S/c1-31(28,29)26(22-9-4-7-18-6-2-3-8-21(18)22)16-5-10-23(27)25-15-17-30-20-13-11-19(24)12-14-20/h2-4,6-9,11-14H,5,10,15-17H2,1H3,(H,25,27). The van der Waals surface area contributed by atoms with Gasteiger partial charge in [-0.1, -0.05) is 36.4 Å². The van der Waals surface area contributed by atoms with E-state index in [2.05, 4.69) is 5.32 Å². The highest BCUT2D eigenvalue weighted by atomic mass is 32.2. The number of nitrogens with one attached hydrogen (secondary N) is 1. The van der Waals surface area contributed by atoms with Crippen molar-refractivity contribution in [2.75, 3.05) is 30.3 Å². The minimum absolute atomic E-state index is 0.186. The lowest BCUT2D eigenvalue weighted by Gasteiger charge is -2.24. The van der Waals surface area contributed by atoms with E-state index in [1.54, 1.807) is 6.07 Å². The zero-order chi connectivity index (χ0) is 22.3. The summed E-state index contributed by atoms with van der Waals surface area (Å²) >= 11 is 0. The number of anilines is 1. The van der Waals surface area contributed by atoms with Crippen molar-refractivity contribution in [2.24, 2.45) is 0 Å². The molecule has 0 radical (unpaired) electrons. The van der Waals surface area contributed by atoms with Crippen molar-refractivity contribution >= 4 is 32.4 Å². The quantitative estimate of drug-likeness (QED) is 0.484. The molecule has 0 saturated carbocycles. The Labute approximate surface area is 181 Å². The van der Waals surface area contributed by atoms with Crippen LogP contribution >= 0.6 is 0 Å². The first-order valence-corrected chi connectivity index (χ1v) is 11.8. The number of benzene rings is 3. The van der Waals surface area contributed by atoms with Gasteiger partial charge in [0, 0.05) is 18.4 Å². The van der Waals surface area contributed by atoms with Crippen LogP contribution in [-0.2, 0) is 14.8 Å². The summed E-state index contributed by atoms with van der Waals surface area (Å²) in [4.78, 5) is 12.1. The van der Waals surface area contributed by atoms with Gasteiger partial charge < -0.3 is 10.1 Å². The van der Waals surface area contributed by atoms with Crippen LogP contribution in [0.15, 0.2) is 66.7 Å². The van der Waals surface area contributed by atoms with Crippen LogP contribution in [0.1, 0.15) is 12.8 Å². The number of carbonyl (C=O) groups is 1. The van der Waals surface area contributed by atoms with Crippen molar-refractivity contribution in [1.82, 2.24) is 5.32 Å². The summed E-state index contributed by atoms with van der Waals surface area (Å²) in [5.74, 6) is -0.00380. The molecule has 3 aromatic carbocycles. The second-order valence-corrected chi connectivity index (χ2v) is 9.00. The molecular formula is C23H25FN2O4S. The SMILES string of the molecule is CS(=O)(=O)N(CCCC(=O)NCCOc1ccc(F)cc1)c1cccc2ccccc12. The van der Waals surface area contributed by atoms with E-state index in [0.29, 0.717) is 24.4 Å². The minimum Gasteiger partial charge on any atom is -0.492 e. The Morgan fingerprint density at radius 2 is 1.74 bits per heavy atom. The molecule has 1 N–H and O–H groups in total. The van der Waals surface area contributed by atoms with E-state index in [0.717, 1.165) is 10.8 Å². The van der Waals surface area contributed by atoms with E-state index in [-0.39, 0.29) is 31.3 Å². The smallest absolute Gasteiger partial charge is 0.232 e. The fraction of sp³-hybridized carbons (Fsp3) is 0.261. The first-order valence-electron chi connectivity index (χ1n) is 9.95. The molecule has 0 unspecified atom stereocenters. The normalized spacial score (nSPS) is 11.3. The molecule has 0 saturated heterocycles. The maximum Gasteiger partial charge on any atom is 0.232 e. The van der Waals surface area contributed by atoms with Crippen molar-refractivity contribution in [3.05, 3.63) is 72.5 Å². The highest BCUT2D eigenvalue weighted by molar-refractivity contribution is 7.92. The number of sulfonamides is 1. The van der Waals surface area contributed by atoms with E-state index in [4.69, 9.17) is 4.74 Å². The topological polar surface area (TPSA) is 75.7 Å². The molecule has 0 aliphatic heterocycles. The Kier molecular flexibility index (Phi) is 7.46. The van der Waals surface area contributed by atoms with E-state index < -0.39 is 10.0 Å². The van der Waals surface area contributed by atoms with Gasteiger partial charge in [0.2, 0.25) is 15.9 Å². The van der Waals surface area contributed by atoms with E-state index >= 15 is 0 Å². The molecule has 0 aliphatic rings. The predicted molar refractivity (Wildman–Crippen MR) is 120 cm³/mol. The maximum atomic E-state index is 12.9. The molecule has 0 fully saturated rings. The van der Waals surface area contributed by atoms with Crippen LogP contribution in [0.25, 0.3) is 10.8 Å². The Balaban J connectivity index is 1.51. The number of nitrogens with zero attached hydrogens (tertiary/aromatic N) is 1. The van der Waals surface area contributed by atoms with E-state index in [1.165, 1.54) is 34.8 Å². The van der Waals surface area contributed by atoms with Crippen LogP contribution in [0, 0.1) is 5.82 Å². The lowest BCUT2D eigenvalue weighted by molar-refractivity contribution is -0.121. The summed E-state index contributed by atoms with van der Waals surface area (Å²) < 4.78 is 44.4. The summed E-state index contributed by atoms with van der Waals surface area (Å²) in [5.41, 5.74) is 0.605. The first kappa shape index (κ1) is 22.6. The first-order chi connectivity index (χ1) is 14.8. The van der Waals surface area contributed by atoms with E-state index in [1.807, 2.05) is 36.4 Å². The lowest BCUT2D eigenvalue weighted by atomic mass is 10.1. The van der Waals surface area contributed by atoms with Crippen LogP contribution in [0.2, 0.25) is 0 Å². The van der Waals surface area contributed by atoms with Gasteiger partial charge in [0.1, 0.15) is 18.2 Å². The monoisotopic (exact) mass is 444 g/mol. The maximum absolute atomic E-state index is 12.9. The molecule has 0 aliphatic carbocycles. The summed E-state index contributed by atoms with van der Waals surface area (Å²) in [6.45, 7) is 0.754. The molecule has 31 heavy (non-hydrogen) atoms. The van der Waals surface area contributed by atoms with Gasteiger partial charge in [0.05, 0.1) is 18.5 Å². The highest BCUT2D eigenvalue weighted by Crippen LogP contribution is 2.28. The van der Waals surface area contributed by atoms with Gasteiger partial charge in [-0.3, -0.25) is 9.10 Å². The Bertz CT molecular complexity index is 1130. The van der Waals surface area contributed by atoms with Gasteiger partial charge in [-0.2, -0.15) is 0 Å². The zero-order valence-corrected chi connectivity index (χ0v) is 18.1. The Morgan fingerprint density at radius 3 is 2.48 bits per heavy atom. The molecular weight excluding hydrogens is 419 g/mol. The predicted octanol–water partition coefficient (Wildman–Crippen LogP) is 3.72. The minimum atomic E-state index is -3.51. The van der Waals surface area contributed by atoms with Crippen molar-refractivity contribution in [3.8, 4) is 5.75 Å². The molecule has 6 nitrogen and oxygen atoms in total. The van der Waals surface area contributed by atoms with Crippen molar-refractivity contribution in [3.63, 3.8) is 0 Å². The Hall–Kier alpha value is -3.13. The van der Waals surface area contributed by atoms with Gasteiger partial charge in [-0.15, -0.1) is 0 Å². The highest BCUT2D eigenvalue weighted by Gasteiger charge is 2.19. The van der Waals surface area contributed by atoms with Gasteiger partial charge in [0.25, 0.3) is 0 Å². The van der Waals surface area contributed by atoms with Crippen LogP contribution in [0.4, 0.5) is 10.1 Å². The molecule has 0 heterocycles. The number of hydrogen-bond acceptors (Lipinski definition) is 4. The molecule has 164 valence electrons. The third-order valence-electron chi connectivity index (χ3n) is 4.71. The zero-order valence-electron chi connectivity index (χ0n) is 17.3. The number of rotatable bonds is 10. The van der Waals surface area contributed by atoms with Crippen LogP contribution in [-0.4, -0.2) is 40.3 Å². The number of amides is 1. The number of carbonyl (C=O) groups excluding carboxylic acids is 1. The molecule has 3 rings (SSSR count). The van der Waals surface area contributed by atoms with Crippen molar-refractivity contribution in [2.45, 2.75) is 12.8 Å². The second kappa shape index (κ2) is 10.3. The van der Waals surface area contributed by atoms with E-state index in [9.17, 15) is 17.6 Å². The van der Waals surface area contributed by atoms with Crippen LogP contribution < -0.4 is 14.4 Å². The lowest BCUT2D eigenvalue weighted by Crippen LogP contribution is -2.33. The summed E-state index contributed by atoms with van der Waals surface area (Å²) in [6, 6.07) is 18.8. The molecule has 1 amide bonds. The second-order valence-electron chi connectivity index (χ2n) is 7.09. The molecule has 8 heteroatoms.